The molecule has 0 aromatic carbocycles. The van der Waals surface area contributed by atoms with E-state index in [1.807, 2.05) is 6.92 Å². The van der Waals surface area contributed by atoms with Crippen molar-refractivity contribution in [2.24, 2.45) is 0 Å². The molecule has 1 aliphatic heterocycles. The molecule has 1 aliphatic rings. The van der Waals surface area contributed by atoms with Gasteiger partial charge in [0.2, 0.25) is 0 Å². The Kier molecular flexibility index (Phi) is 6.92. The molecule has 1 saturated heterocycles. The van der Waals surface area contributed by atoms with Gasteiger partial charge in [0.15, 0.2) is 0 Å². The molecular weight excluding hydrogens is 196 g/mol. The summed E-state index contributed by atoms with van der Waals surface area (Å²) in [4.78, 5) is 0. The van der Waals surface area contributed by atoms with E-state index in [1.54, 1.807) is 7.11 Å². The second-order valence-corrected chi connectivity index (χ2v) is 3.86. The number of hydrogen-bond donors (Lipinski definition) is 0. The fraction of sp³-hybridized carbons (Fsp3) is 1.00. The molecule has 2 unspecified atom stereocenters. The van der Waals surface area contributed by atoms with Gasteiger partial charge in [-0.1, -0.05) is 0 Å². The SMILES string of the molecule is COC(C)COCCCCOCC1CO1. The lowest BCUT2D eigenvalue weighted by Crippen LogP contribution is -2.14. The minimum atomic E-state index is 0.188. The van der Waals surface area contributed by atoms with Crippen molar-refractivity contribution in [2.75, 3.05) is 40.1 Å². The standard InChI is InChI=1S/C11H22O4/c1-10(12-2)7-13-5-3-4-6-14-8-11-9-15-11/h10-11H,3-9H2,1-2H3. The van der Waals surface area contributed by atoms with Crippen molar-refractivity contribution in [2.45, 2.75) is 32.0 Å². The molecule has 4 heteroatoms. The molecule has 0 aliphatic carbocycles. The van der Waals surface area contributed by atoms with Crippen LogP contribution in [0.5, 0.6) is 0 Å². The normalized spacial score (nSPS) is 21.6. The highest BCUT2D eigenvalue weighted by atomic mass is 16.6. The topological polar surface area (TPSA) is 40.2 Å². The molecule has 0 saturated carbocycles. The minimum absolute atomic E-state index is 0.188. The molecule has 1 heterocycles. The number of ether oxygens (including phenoxy) is 4. The Morgan fingerprint density at radius 1 is 1.27 bits per heavy atom. The maximum absolute atomic E-state index is 5.42. The number of rotatable bonds is 10. The molecule has 4 nitrogen and oxygen atoms in total. The van der Waals surface area contributed by atoms with E-state index in [0.717, 1.165) is 39.3 Å². The summed E-state index contributed by atoms with van der Waals surface area (Å²) in [5.41, 5.74) is 0. The quantitative estimate of drug-likeness (QED) is 0.408. The van der Waals surface area contributed by atoms with E-state index in [2.05, 4.69) is 0 Å². The molecule has 0 aromatic heterocycles. The Morgan fingerprint density at radius 3 is 2.53 bits per heavy atom. The number of epoxide rings is 1. The second kappa shape index (κ2) is 8.05. The van der Waals surface area contributed by atoms with Gasteiger partial charge in [-0.05, 0) is 19.8 Å². The third kappa shape index (κ3) is 7.73. The first-order valence-electron chi connectivity index (χ1n) is 5.63. The van der Waals surface area contributed by atoms with Crippen molar-refractivity contribution >= 4 is 0 Å². The van der Waals surface area contributed by atoms with Crippen LogP contribution in [0.4, 0.5) is 0 Å². The maximum Gasteiger partial charge on any atom is 0.104 e. The van der Waals surface area contributed by atoms with E-state index >= 15 is 0 Å². The van der Waals surface area contributed by atoms with Gasteiger partial charge in [0.1, 0.15) is 6.10 Å². The van der Waals surface area contributed by atoms with Gasteiger partial charge in [0, 0.05) is 20.3 Å². The Bertz CT molecular complexity index is 148. The van der Waals surface area contributed by atoms with Crippen molar-refractivity contribution in [1.29, 1.82) is 0 Å². The third-order valence-corrected chi connectivity index (χ3v) is 2.29. The van der Waals surface area contributed by atoms with Crippen molar-refractivity contribution in [3.05, 3.63) is 0 Å². The van der Waals surface area contributed by atoms with Crippen LogP contribution in [0.15, 0.2) is 0 Å². The molecule has 0 spiro atoms. The summed E-state index contributed by atoms with van der Waals surface area (Å²) in [6, 6.07) is 0. The molecule has 1 rings (SSSR count). The average molecular weight is 218 g/mol. The lowest BCUT2D eigenvalue weighted by atomic mass is 10.3. The summed E-state index contributed by atoms with van der Waals surface area (Å²) in [5.74, 6) is 0. The molecule has 2 atom stereocenters. The zero-order chi connectivity index (χ0) is 10.9. The van der Waals surface area contributed by atoms with Crippen LogP contribution in [-0.2, 0) is 18.9 Å². The van der Waals surface area contributed by atoms with Crippen LogP contribution in [0.25, 0.3) is 0 Å². The lowest BCUT2D eigenvalue weighted by molar-refractivity contribution is 0.0152. The lowest BCUT2D eigenvalue weighted by Gasteiger charge is -2.09. The van der Waals surface area contributed by atoms with Gasteiger partial charge in [-0.25, -0.2) is 0 Å². The Labute approximate surface area is 91.8 Å². The first-order chi connectivity index (χ1) is 7.33. The zero-order valence-electron chi connectivity index (χ0n) is 9.74. The first-order valence-corrected chi connectivity index (χ1v) is 5.63. The first kappa shape index (κ1) is 12.9. The van der Waals surface area contributed by atoms with Crippen LogP contribution in [0.2, 0.25) is 0 Å². The van der Waals surface area contributed by atoms with Gasteiger partial charge in [-0.2, -0.15) is 0 Å². The van der Waals surface area contributed by atoms with E-state index in [-0.39, 0.29) is 6.10 Å². The summed E-state index contributed by atoms with van der Waals surface area (Å²) in [5, 5.41) is 0. The van der Waals surface area contributed by atoms with Crippen LogP contribution < -0.4 is 0 Å². The predicted octanol–water partition coefficient (Wildman–Crippen LogP) is 1.23. The molecule has 0 bridgehead atoms. The number of hydrogen-bond acceptors (Lipinski definition) is 4. The highest BCUT2D eigenvalue weighted by Crippen LogP contribution is 2.08. The van der Waals surface area contributed by atoms with E-state index in [1.165, 1.54) is 0 Å². The van der Waals surface area contributed by atoms with E-state index in [9.17, 15) is 0 Å². The monoisotopic (exact) mass is 218 g/mol. The molecule has 0 amide bonds. The van der Waals surface area contributed by atoms with Gasteiger partial charge in [0.25, 0.3) is 0 Å². The Hall–Kier alpha value is -0.160. The summed E-state index contributed by atoms with van der Waals surface area (Å²) in [7, 11) is 1.70. The van der Waals surface area contributed by atoms with E-state index < -0.39 is 0 Å². The fourth-order valence-corrected chi connectivity index (χ4v) is 1.10. The Balaban J connectivity index is 1.68. The van der Waals surface area contributed by atoms with Crippen LogP contribution in [0, 0.1) is 0 Å². The second-order valence-electron chi connectivity index (χ2n) is 3.86. The maximum atomic E-state index is 5.42. The number of methoxy groups -OCH3 is 1. The van der Waals surface area contributed by atoms with Crippen molar-refractivity contribution in [3.63, 3.8) is 0 Å². The van der Waals surface area contributed by atoms with E-state index in [4.69, 9.17) is 18.9 Å². The fourth-order valence-electron chi connectivity index (χ4n) is 1.10. The molecular formula is C11H22O4. The van der Waals surface area contributed by atoms with E-state index in [0.29, 0.717) is 12.7 Å². The molecule has 0 radical (unpaired) electrons. The summed E-state index contributed by atoms with van der Waals surface area (Å²) < 4.78 is 20.9. The zero-order valence-corrected chi connectivity index (χ0v) is 9.74. The molecule has 1 fully saturated rings. The van der Waals surface area contributed by atoms with Gasteiger partial charge < -0.3 is 18.9 Å². The van der Waals surface area contributed by atoms with Crippen molar-refractivity contribution < 1.29 is 18.9 Å². The largest absolute Gasteiger partial charge is 0.379 e. The smallest absolute Gasteiger partial charge is 0.104 e. The Morgan fingerprint density at radius 2 is 1.93 bits per heavy atom. The summed E-state index contributed by atoms with van der Waals surface area (Å²) in [6.45, 7) is 5.89. The van der Waals surface area contributed by atoms with Gasteiger partial charge in [-0.3, -0.25) is 0 Å². The minimum Gasteiger partial charge on any atom is -0.379 e. The highest BCUT2D eigenvalue weighted by Gasteiger charge is 2.21. The predicted molar refractivity (Wildman–Crippen MR) is 57.1 cm³/mol. The summed E-state index contributed by atoms with van der Waals surface area (Å²) >= 11 is 0. The molecule has 0 aromatic rings. The summed E-state index contributed by atoms with van der Waals surface area (Å²) in [6.07, 6.45) is 2.66. The highest BCUT2D eigenvalue weighted by molar-refractivity contribution is 4.66. The third-order valence-electron chi connectivity index (χ3n) is 2.29. The van der Waals surface area contributed by atoms with Crippen molar-refractivity contribution in [1.82, 2.24) is 0 Å². The average Bonchev–Trinajstić information content (AvgIpc) is 3.05. The van der Waals surface area contributed by atoms with Crippen LogP contribution in [-0.4, -0.2) is 52.4 Å². The molecule has 15 heavy (non-hydrogen) atoms. The van der Waals surface area contributed by atoms with Crippen LogP contribution >= 0.6 is 0 Å². The van der Waals surface area contributed by atoms with Gasteiger partial charge >= 0.3 is 0 Å². The molecule has 0 N–H and O–H groups in total. The van der Waals surface area contributed by atoms with Crippen molar-refractivity contribution in [3.8, 4) is 0 Å². The molecule has 90 valence electrons. The number of unbranched alkanes of at least 4 members (excludes halogenated alkanes) is 1. The van der Waals surface area contributed by atoms with Crippen LogP contribution in [0.1, 0.15) is 19.8 Å². The van der Waals surface area contributed by atoms with Crippen LogP contribution in [0.3, 0.4) is 0 Å². The van der Waals surface area contributed by atoms with Gasteiger partial charge in [0.05, 0.1) is 25.9 Å². The van der Waals surface area contributed by atoms with Gasteiger partial charge in [-0.15, -0.1) is 0 Å².